The number of hydrogen-bond donors (Lipinski definition) is 1. The van der Waals surface area contributed by atoms with Crippen molar-refractivity contribution < 1.29 is 4.74 Å². The highest BCUT2D eigenvalue weighted by Gasteiger charge is 2.36. The lowest BCUT2D eigenvalue weighted by Gasteiger charge is -2.42. The van der Waals surface area contributed by atoms with Crippen molar-refractivity contribution in [2.24, 2.45) is 0 Å². The summed E-state index contributed by atoms with van der Waals surface area (Å²) in [4.78, 5) is 15.4. The van der Waals surface area contributed by atoms with E-state index < -0.39 is 0 Å². The lowest BCUT2D eigenvalue weighted by molar-refractivity contribution is 0.235. The van der Waals surface area contributed by atoms with E-state index in [9.17, 15) is 4.79 Å². The molecule has 0 aliphatic heterocycles. The number of rotatable bonds is 4. The lowest BCUT2D eigenvalue weighted by atomic mass is 9.63. The topological polar surface area (TPSA) is 42.1 Å². The van der Waals surface area contributed by atoms with Crippen LogP contribution in [-0.4, -0.2) is 12.1 Å². The third-order valence-corrected chi connectivity index (χ3v) is 7.46. The van der Waals surface area contributed by atoms with E-state index in [2.05, 4.69) is 36.2 Å². The molecule has 142 valence electrons. The van der Waals surface area contributed by atoms with Crippen LogP contribution in [0, 0.1) is 0 Å². The second-order valence-electron chi connectivity index (χ2n) is 7.75. The molecule has 0 unspecified atom stereocenters. The van der Waals surface area contributed by atoms with E-state index >= 15 is 0 Å². The molecular formula is C24H23NO2S. The zero-order chi connectivity index (χ0) is 19.3. The van der Waals surface area contributed by atoms with E-state index in [1.165, 1.54) is 42.6 Å². The first kappa shape index (κ1) is 17.5. The van der Waals surface area contributed by atoms with Crippen molar-refractivity contribution in [2.75, 3.05) is 7.11 Å². The number of aromatic nitrogens is 1. The Morgan fingerprint density at radius 2 is 1.89 bits per heavy atom. The van der Waals surface area contributed by atoms with Crippen molar-refractivity contribution in [1.82, 2.24) is 4.98 Å². The van der Waals surface area contributed by atoms with Crippen LogP contribution >= 0.6 is 11.3 Å². The highest BCUT2D eigenvalue weighted by molar-refractivity contribution is 7.17. The van der Waals surface area contributed by atoms with Gasteiger partial charge in [-0.2, -0.15) is 0 Å². The molecule has 0 bridgehead atoms. The summed E-state index contributed by atoms with van der Waals surface area (Å²) in [7, 11) is 1.70. The first-order valence-electron chi connectivity index (χ1n) is 9.88. The second kappa shape index (κ2) is 6.49. The molecule has 3 nitrogen and oxygen atoms in total. The number of nitrogens with one attached hydrogen (secondary N) is 1. The zero-order valence-electron chi connectivity index (χ0n) is 16.2. The molecule has 4 heteroatoms. The summed E-state index contributed by atoms with van der Waals surface area (Å²) in [5, 5.41) is 4.02. The molecule has 0 amide bonds. The Morgan fingerprint density at radius 1 is 1.11 bits per heavy atom. The highest BCUT2D eigenvalue weighted by Crippen LogP contribution is 2.47. The number of aromatic amines is 1. The summed E-state index contributed by atoms with van der Waals surface area (Å²) in [6.45, 7) is 2.30. The summed E-state index contributed by atoms with van der Waals surface area (Å²) in [6, 6.07) is 14.9. The Labute approximate surface area is 168 Å². The fourth-order valence-corrected chi connectivity index (χ4v) is 5.52. The van der Waals surface area contributed by atoms with Crippen molar-refractivity contribution in [1.29, 1.82) is 0 Å². The van der Waals surface area contributed by atoms with Crippen LogP contribution in [0.5, 0.6) is 5.75 Å². The van der Waals surface area contributed by atoms with Gasteiger partial charge in [0.15, 0.2) is 0 Å². The van der Waals surface area contributed by atoms with Gasteiger partial charge in [0.25, 0.3) is 5.56 Å². The average molecular weight is 390 g/mol. The largest absolute Gasteiger partial charge is 0.496 e. The van der Waals surface area contributed by atoms with E-state index in [4.69, 9.17) is 4.74 Å². The summed E-state index contributed by atoms with van der Waals surface area (Å²) < 4.78 is 6.49. The first-order chi connectivity index (χ1) is 13.7. The zero-order valence-corrected chi connectivity index (χ0v) is 17.0. The highest BCUT2D eigenvalue weighted by atomic mass is 32.1. The van der Waals surface area contributed by atoms with Crippen molar-refractivity contribution >= 4 is 32.3 Å². The number of pyridine rings is 1. The van der Waals surface area contributed by atoms with E-state index in [0.717, 1.165) is 37.9 Å². The number of methoxy groups -OCH3 is 1. The molecule has 4 aromatic rings. The van der Waals surface area contributed by atoms with Crippen LogP contribution in [0.1, 0.15) is 38.2 Å². The molecule has 1 aliphatic carbocycles. The second-order valence-corrected chi connectivity index (χ2v) is 8.66. The van der Waals surface area contributed by atoms with Gasteiger partial charge in [0.05, 0.1) is 7.11 Å². The van der Waals surface area contributed by atoms with Crippen LogP contribution < -0.4 is 10.3 Å². The van der Waals surface area contributed by atoms with Gasteiger partial charge >= 0.3 is 0 Å². The van der Waals surface area contributed by atoms with Crippen molar-refractivity contribution in [2.45, 2.75) is 38.0 Å². The molecule has 1 saturated carbocycles. The van der Waals surface area contributed by atoms with Crippen LogP contribution in [0.25, 0.3) is 32.1 Å². The Hall–Kier alpha value is -2.59. The minimum atomic E-state index is -0.0289. The minimum Gasteiger partial charge on any atom is -0.496 e. The molecule has 2 heterocycles. The lowest BCUT2D eigenvalue weighted by Crippen LogP contribution is -2.33. The maximum absolute atomic E-state index is 12.4. The molecule has 1 N–H and O–H groups in total. The predicted molar refractivity (Wildman–Crippen MR) is 118 cm³/mol. The van der Waals surface area contributed by atoms with Crippen molar-refractivity contribution in [3.05, 3.63) is 63.8 Å². The fourth-order valence-electron chi connectivity index (χ4n) is 4.73. The Morgan fingerprint density at radius 3 is 2.54 bits per heavy atom. The molecule has 2 aromatic heterocycles. The molecule has 0 atom stereocenters. The normalized spacial score (nSPS) is 15.6. The van der Waals surface area contributed by atoms with Gasteiger partial charge < -0.3 is 9.72 Å². The van der Waals surface area contributed by atoms with E-state index in [1.807, 2.05) is 23.6 Å². The molecule has 0 spiro atoms. The third-order valence-electron chi connectivity index (χ3n) is 6.55. The SMILES string of the molecule is CCC1(c2ccc(-c3c(OC)ccc4[nH]c(=O)c5sccc5c34)cc2)CCC1. The molecule has 5 rings (SSSR count). The van der Waals surface area contributed by atoms with Gasteiger partial charge in [-0.3, -0.25) is 4.79 Å². The van der Waals surface area contributed by atoms with E-state index in [0.29, 0.717) is 5.41 Å². The van der Waals surface area contributed by atoms with Gasteiger partial charge in [-0.1, -0.05) is 37.6 Å². The Kier molecular flexibility index (Phi) is 4.06. The molecule has 2 aromatic carbocycles. The first-order valence-corrected chi connectivity index (χ1v) is 10.8. The number of ether oxygens (including phenoxy) is 1. The quantitative estimate of drug-likeness (QED) is 0.448. The van der Waals surface area contributed by atoms with Crippen molar-refractivity contribution in [3.8, 4) is 16.9 Å². The molecule has 1 aliphatic rings. The van der Waals surface area contributed by atoms with E-state index in [1.54, 1.807) is 7.11 Å². The molecule has 0 saturated heterocycles. The smallest absolute Gasteiger partial charge is 0.266 e. The van der Waals surface area contributed by atoms with Crippen LogP contribution in [0.3, 0.4) is 0 Å². The number of H-pyrrole nitrogens is 1. The number of hydrogen-bond acceptors (Lipinski definition) is 3. The standard InChI is InChI=1S/C24H23NO2S/c1-3-24(12-4-13-24)16-7-5-15(6-8-16)20-19(27-2)10-9-18-21(20)17-11-14-28-22(17)23(26)25-18/h5-11,14H,3-4,12-13H2,1-2H3,(H,25,26). The number of benzene rings is 2. The minimum absolute atomic E-state index is 0.0289. The van der Waals surface area contributed by atoms with Crippen LogP contribution in [0.15, 0.2) is 52.6 Å². The van der Waals surface area contributed by atoms with Gasteiger partial charge in [-0.05, 0) is 59.4 Å². The average Bonchev–Trinajstić information content (AvgIpc) is 3.18. The van der Waals surface area contributed by atoms with E-state index in [-0.39, 0.29) is 5.56 Å². The monoisotopic (exact) mass is 389 g/mol. The molecule has 0 radical (unpaired) electrons. The Bertz CT molecular complexity index is 1220. The van der Waals surface area contributed by atoms with Crippen LogP contribution in [0.2, 0.25) is 0 Å². The molecule has 28 heavy (non-hydrogen) atoms. The summed E-state index contributed by atoms with van der Waals surface area (Å²) in [6.07, 6.45) is 5.10. The van der Waals surface area contributed by atoms with Gasteiger partial charge in [-0.15, -0.1) is 11.3 Å². The summed E-state index contributed by atoms with van der Waals surface area (Å²) in [5.74, 6) is 0.827. The maximum Gasteiger partial charge on any atom is 0.266 e. The van der Waals surface area contributed by atoms with Gasteiger partial charge in [-0.25, -0.2) is 0 Å². The maximum atomic E-state index is 12.4. The predicted octanol–water partition coefficient (Wildman–Crippen LogP) is 6.25. The van der Waals surface area contributed by atoms with Gasteiger partial charge in [0, 0.05) is 21.9 Å². The third kappa shape index (κ3) is 2.44. The Balaban J connectivity index is 1.76. The van der Waals surface area contributed by atoms with Gasteiger partial charge in [0.1, 0.15) is 10.4 Å². The fraction of sp³-hybridized carbons (Fsp3) is 0.292. The molecular weight excluding hydrogens is 366 g/mol. The van der Waals surface area contributed by atoms with Crippen molar-refractivity contribution in [3.63, 3.8) is 0 Å². The summed E-state index contributed by atoms with van der Waals surface area (Å²) >= 11 is 1.48. The summed E-state index contributed by atoms with van der Waals surface area (Å²) in [5.41, 5.74) is 4.80. The molecule has 1 fully saturated rings. The number of thiophene rings is 1. The van der Waals surface area contributed by atoms with Crippen LogP contribution in [0.4, 0.5) is 0 Å². The van der Waals surface area contributed by atoms with Gasteiger partial charge in [0.2, 0.25) is 0 Å². The van der Waals surface area contributed by atoms with Crippen LogP contribution in [-0.2, 0) is 5.41 Å². The number of fused-ring (bicyclic) bond motifs is 3.